The van der Waals surface area contributed by atoms with Crippen LogP contribution < -0.4 is 0 Å². The van der Waals surface area contributed by atoms with E-state index in [-0.39, 0.29) is 5.50 Å². The molecule has 0 heterocycles. The quantitative estimate of drug-likeness (QED) is 0.208. The molecule has 0 spiro atoms. The number of nitrogens with zero attached hydrogens (tertiary/aromatic N) is 1. The summed E-state index contributed by atoms with van der Waals surface area (Å²) in [6.45, 7) is 2.27. The van der Waals surface area contributed by atoms with E-state index in [1.165, 1.54) is 57.8 Å². The van der Waals surface area contributed by atoms with E-state index in [1.54, 1.807) is 0 Å². The molecule has 17 heavy (non-hydrogen) atoms. The van der Waals surface area contributed by atoms with Gasteiger partial charge in [-0.25, -0.2) is 0 Å². The van der Waals surface area contributed by atoms with Gasteiger partial charge in [-0.3, -0.25) is 0 Å². The van der Waals surface area contributed by atoms with Crippen molar-refractivity contribution in [1.82, 2.24) is 0 Å². The Labute approximate surface area is 114 Å². The zero-order valence-corrected chi connectivity index (χ0v) is 13.2. The van der Waals surface area contributed by atoms with Crippen molar-refractivity contribution < 1.29 is 4.48 Å². The van der Waals surface area contributed by atoms with E-state index in [9.17, 15) is 0 Å². The van der Waals surface area contributed by atoms with Crippen LogP contribution in [-0.2, 0) is 0 Å². The molecular formula is C15H33ClN+. The van der Waals surface area contributed by atoms with Crippen LogP contribution in [0.4, 0.5) is 0 Å². The number of unbranched alkanes of at least 4 members (excludes halogenated alkanes) is 8. The molecule has 1 atom stereocenters. The lowest BCUT2D eigenvalue weighted by Gasteiger charge is -2.29. The maximum absolute atomic E-state index is 6.33. The van der Waals surface area contributed by atoms with Crippen molar-refractivity contribution in [2.24, 2.45) is 0 Å². The maximum atomic E-state index is 6.33. The minimum atomic E-state index is 0.277. The van der Waals surface area contributed by atoms with Crippen molar-refractivity contribution in [2.45, 2.75) is 76.6 Å². The predicted molar refractivity (Wildman–Crippen MR) is 79.5 cm³/mol. The summed E-state index contributed by atoms with van der Waals surface area (Å²) in [5.74, 6) is 0. The molecule has 0 saturated heterocycles. The molecule has 0 saturated carbocycles. The van der Waals surface area contributed by atoms with Gasteiger partial charge in [-0.2, -0.15) is 0 Å². The van der Waals surface area contributed by atoms with Gasteiger partial charge in [-0.05, 0) is 6.42 Å². The normalized spacial score (nSPS) is 13.9. The van der Waals surface area contributed by atoms with Gasteiger partial charge in [-0.15, -0.1) is 0 Å². The Morgan fingerprint density at radius 1 is 0.765 bits per heavy atom. The Bertz CT molecular complexity index is 163. The van der Waals surface area contributed by atoms with Gasteiger partial charge in [0.1, 0.15) is 0 Å². The lowest BCUT2D eigenvalue weighted by molar-refractivity contribution is -0.882. The van der Waals surface area contributed by atoms with Crippen LogP contribution in [0.3, 0.4) is 0 Å². The highest BCUT2D eigenvalue weighted by atomic mass is 35.5. The second kappa shape index (κ2) is 10.2. The average molecular weight is 263 g/mol. The number of rotatable bonds is 11. The summed E-state index contributed by atoms with van der Waals surface area (Å²) < 4.78 is 0.874. The second-order valence-electron chi connectivity index (χ2n) is 6.17. The van der Waals surface area contributed by atoms with Gasteiger partial charge in [0.2, 0.25) is 0 Å². The molecule has 0 N–H and O–H groups in total. The number of hydrogen-bond donors (Lipinski definition) is 0. The first-order valence-electron chi connectivity index (χ1n) is 7.43. The Balaban J connectivity index is 3.19. The fraction of sp³-hybridized carbons (Fsp3) is 1.00. The van der Waals surface area contributed by atoms with Crippen LogP contribution in [-0.4, -0.2) is 31.1 Å². The molecule has 0 radical (unpaired) electrons. The topological polar surface area (TPSA) is 0 Å². The molecule has 2 heteroatoms. The summed E-state index contributed by atoms with van der Waals surface area (Å²) in [7, 11) is 6.52. The highest BCUT2D eigenvalue weighted by molar-refractivity contribution is 6.19. The summed E-state index contributed by atoms with van der Waals surface area (Å²) in [5.41, 5.74) is 0.277. The lowest BCUT2D eigenvalue weighted by Crippen LogP contribution is -2.41. The molecule has 0 fully saturated rings. The first-order chi connectivity index (χ1) is 7.98. The van der Waals surface area contributed by atoms with Crippen LogP contribution in [0.2, 0.25) is 0 Å². The smallest absolute Gasteiger partial charge is 0.164 e. The Morgan fingerprint density at radius 2 is 1.18 bits per heavy atom. The summed E-state index contributed by atoms with van der Waals surface area (Å²) in [6.07, 6.45) is 13.7. The van der Waals surface area contributed by atoms with Crippen molar-refractivity contribution >= 4 is 11.6 Å². The summed E-state index contributed by atoms with van der Waals surface area (Å²) in [4.78, 5) is 0. The maximum Gasteiger partial charge on any atom is 0.164 e. The van der Waals surface area contributed by atoms with Crippen molar-refractivity contribution in [1.29, 1.82) is 0 Å². The van der Waals surface area contributed by atoms with E-state index in [0.717, 1.165) is 10.9 Å². The molecular weight excluding hydrogens is 230 g/mol. The summed E-state index contributed by atoms with van der Waals surface area (Å²) >= 11 is 6.33. The number of quaternary nitrogens is 1. The van der Waals surface area contributed by atoms with Gasteiger partial charge in [0, 0.05) is 6.42 Å². The molecule has 1 unspecified atom stereocenters. The van der Waals surface area contributed by atoms with Crippen LogP contribution in [0.1, 0.15) is 71.1 Å². The molecule has 1 nitrogen and oxygen atoms in total. The standard InChI is InChI=1S/C15H33ClN/c1-5-6-7-8-9-10-11-12-13-14-15(16)17(2,3)4/h15H,5-14H2,1-4H3/q+1. The van der Waals surface area contributed by atoms with E-state index in [0.29, 0.717) is 0 Å². The van der Waals surface area contributed by atoms with E-state index < -0.39 is 0 Å². The van der Waals surface area contributed by atoms with Gasteiger partial charge in [0.05, 0.1) is 21.1 Å². The van der Waals surface area contributed by atoms with Crippen LogP contribution >= 0.6 is 11.6 Å². The third kappa shape index (κ3) is 11.1. The van der Waals surface area contributed by atoms with E-state index in [4.69, 9.17) is 11.6 Å². The molecule has 0 rings (SSSR count). The van der Waals surface area contributed by atoms with Crippen LogP contribution in [0.15, 0.2) is 0 Å². The lowest BCUT2D eigenvalue weighted by atomic mass is 10.1. The third-order valence-corrected chi connectivity index (χ3v) is 4.19. The second-order valence-corrected chi connectivity index (χ2v) is 6.67. The van der Waals surface area contributed by atoms with Crippen molar-refractivity contribution in [2.75, 3.05) is 21.1 Å². The highest BCUT2D eigenvalue weighted by Crippen LogP contribution is 2.17. The third-order valence-electron chi connectivity index (χ3n) is 3.39. The monoisotopic (exact) mass is 262 g/mol. The van der Waals surface area contributed by atoms with Crippen molar-refractivity contribution in [3.05, 3.63) is 0 Å². The molecule has 0 aromatic rings. The molecule has 0 aromatic heterocycles. The van der Waals surface area contributed by atoms with Crippen LogP contribution in [0.5, 0.6) is 0 Å². The average Bonchev–Trinajstić information content (AvgIpc) is 2.25. The first-order valence-corrected chi connectivity index (χ1v) is 7.87. The SMILES string of the molecule is CCCCCCCCCCCC(Cl)[N+](C)(C)C. The summed E-state index contributed by atoms with van der Waals surface area (Å²) in [6, 6.07) is 0. The molecule has 0 bridgehead atoms. The zero-order valence-electron chi connectivity index (χ0n) is 12.5. The Kier molecular flexibility index (Phi) is 10.3. The predicted octanol–water partition coefficient (Wildman–Crippen LogP) is 5.18. The van der Waals surface area contributed by atoms with Crippen molar-refractivity contribution in [3.63, 3.8) is 0 Å². The number of halogens is 1. The first kappa shape index (κ1) is 17.2. The number of alkyl halides is 1. The molecule has 0 aliphatic carbocycles. The molecule has 0 aliphatic heterocycles. The Morgan fingerprint density at radius 3 is 1.59 bits per heavy atom. The summed E-state index contributed by atoms with van der Waals surface area (Å²) in [5, 5.41) is 0. The fourth-order valence-electron chi connectivity index (χ4n) is 2.01. The van der Waals surface area contributed by atoms with Gasteiger partial charge in [-0.1, -0.05) is 69.9 Å². The highest BCUT2D eigenvalue weighted by Gasteiger charge is 2.19. The van der Waals surface area contributed by atoms with Crippen LogP contribution in [0.25, 0.3) is 0 Å². The van der Waals surface area contributed by atoms with E-state index >= 15 is 0 Å². The largest absolute Gasteiger partial charge is 0.316 e. The van der Waals surface area contributed by atoms with E-state index in [1.807, 2.05) is 0 Å². The van der Waals surface area contributed by atoms with Gasteiger partial charge < -0.3 is 4.48 Å². The van der Waals surface area contributed by atoms with E-state index in [2.05, 4.69) is 28.1 Å². The molecule has 0 amide bonds. The molecule has 104 valence electrons. The minimum Gasteiger partial charge on any atom is -0.316 e. The van der Waals surface area contributed by atoms with Crippen molar-refractivity contribution in [3.8, 4) is 0 Å². The minimum absolute atomic E-state index is 0.277. The van der Waals surface area contributed by atoms with Crippen LogP contribution in [0, 0.1) is 0 Å². The number of hydrogen-bond acceptors (Lipinski definition) is 0. The van der Waals surface area contributed by atoms with Gasteiger partial charge in [0.15, 0.2) is 5.50 Å². The van der Waals surface area contributed by atoms with Gasteiger partial charge in [0.25, 0.3) is 0 Å². The Hall–Kier alpha value is 0.250. The molecule has 0 aliphatic rings. The zero-order chi connectivity index (χ0) is 13.1. The molecule has 0 aromatic carbocycles. The van der Waals surface area contributed by atoms with Gasteiger partial charge >= 0.3 is 0 Å². The fourth-order valence-corrected chi connectivity index (χ4v) is 2.17.